The van der Waals surface area contributed by atoms with Gasteiger partial charge in [0.2, 0.25) is 5.89 Å². The van der Waals surface area contributed by atoms with Gasteiger partial charge in [-0.1, -0.05) is 25.1 Å². The Bertz CT molecular complexity index is 980. The largest absolute Gasteiger partial charge is 0.339 e. The number of hydrogen-bond acceptors (Lipinski definition) is 5. The topological polar surface area (TPSA) is 76.5 Å². The standard InChI is InChI=1S/C20H25N5O2/c1-12(2)18-22-19(27-23-18)15-7-9-24(10-8-15)20(26)17-14(4)21-16-6-5-13(3)11-25(16)17/h5-6,11-12,15H,7-10H2,1-4H3. The molecule has 0 unspecified atom stereocenters. The van der Waals surface area contributed by atoms with E-state index in [0.29, 0.717) is 24.7 Å². The lowest BCUT2D eigenvalue weighted by molar-refractivity contribution is 0.0696. The summed E-state index contributed by atoms with van der Waals surface area (Å²) in [5.74, 6) is 1.97. The van der Waals surface area contributed by atoms with Crippen molar-refractivity contribution < 1.29 is 9.32 Å². The van der Waals surface area contributed by atoms with Gasteiger partial charge in [-0.05, 0) is 38.3 Å². The molecule has 1 amide bonds. The van der Waals surface area contributed by atoms with Crippen molar-refractivity contribution in [1.82, 2.24) is 24.4 Å². The predicted octanol–water partition coefficient (Wildman–Crippen LogP) is 3.48. The minimum absolute atomic E-state index is 0.0393. The Morgan fingerprint density at radius 3 is 2.59 bits per heavy atom. The minimum Gasteiger partial charge on any atom is -0.339 e. The van der Waals surface area contributed by atoms with E-state index in [1.54, 1.807) is 0 Å². The number of amides is 1. The van der Waals surface area contributed by atoms with Crippen LogP contribution in [0.25, 0.3) is 5.65 Å². The van der Waals surface area contributed by atoms with Crippen LogP contribution in [0.1, 0.15) is 72.0 Å². The Morgan fingerprint density at radius 1 is 1.19 bits per heavy atom. The maximum atomic E-state index is 13.2. The van der Waals surface area contributed by atoms with E-state index < -0.39 is 0 Å². The number of hydrogen-bond donors (Lipinski definition) is 0. The van der Waals surface area contributed by atoms with Gasteiger partial charge < -0.3 is 9.42 Å². The number of imidazole rings is 1. The zero-order valence-electron chi connectivity index (χ0n) is 16.3. The summed E-state index contributed by atoms with van der Waals surface area (Å²) in [7, 11) is 0. The Labute approximate surface area is 158 Å². The average Bonchev–Trinajstić information content (AvgIpc) is 3.25. The fourth-order valence-corrected chi connectivity index (χ4v) is 3.65. The summed E-state index contributed by atoms with van der Waals surface area (Å²) in [5.41, 5.74) is 3.34. The second kappa shape index (κ2) is 6.79. The van der Waals surface area contributed by atoms with E-state index in [-0.39, 0.29) is 17.7 Å². The van der Waals surface area contributed by atoms with Crippen LogP contribution < -0.4 is 0 Å². The first-order chi connectivity index (χ1) is 12.9. The van der Waals surface area contributed by atoms with Gasteiger partial charge in [-0.15, -0.1) is 0 Å². The van der Waals surface area contributed by atoms with Crippen LogP contribution in [-0.2, 0) is 0 Å². The van der Waals surface area contributed by atoms with Gasteiger partial charge in [0.1, 0.15) is 11.3 Å². The highest BCUT2D eigenvalue weighted by molar-refractivity contribution is 5.94. The van der Waals surface area contributed by atoms with Crippen molar-refractivity contribution in [1.29, 1.82) is 0 Å². The fourth-order valence-electron chi connectivity index (χ4n) is 3.65. The number of nitrogens with zero attached hydrogens (tertiary/aromatic N) is 5. The summed E-state index contributed by atoms with van der Waals surface area (Å²) in [6, 6.07) is 3.96. The lowest BCUT2D eigenvalue weighted by Gasteiger charge is -2.30. The molecule has 0 N–H and O–H groups in total. The number of aryl methyl sites for hydroxylation is 2. The van der Waals surface area contributed by atoms with Crippen LogP contribution >= 0.6 is 0 Å². The van der Waals surface area contributed by atoms with Crippen molar-refractivity contribution in [3.8, 4) is 0 Å². The van der Waals surface area contributed by atoms with E-state index in [1.165, 1.54) is 0 Å². The number of carbonyl (C=O) groups excluding carboxylic acids is 1. The maximum Gasteiger partial charge on any atom is 0.272 e. The third kappa shape index (κ3) is 3.22. The smallest absolute Gasteiger partial charge is 0.272 e. The molecule has 0 bridgehead atoms. The average molecular weight is 367 g/mol. The molecule has 0 saturated carbocycles. The van der Waals surface area contributed by atoms with Gasteiger partial charge in [-0.3, -0.25) is 9.20 Å². The summed E-state index contributed by atoms with van der Waals surface area (Å²) in [4.78, 5) is 24.1. The number of fused-ring (bicyclic) bond motifs is 1. The van der Waals surface area contributed by atoms with E-state index in [0.717, 1.165) is 35.6 Å². The van der Waals surface area contributed by atoms with Crippen LogP contribution in [0.4, 0.5) is 0 Å². The number of likely N-dealkylation sites (tertiary alicyclic amines) is 1. The predicted molar refractivity (Wildman–Crippen MR) is 101 cm³/mol. The molecule has 3 aromatic rings. The first kappa shape index (κ1) is 17.7. The molecular formula is C20H25N5O2. The van der Waals surface area contributed by atoms with Gasteiger partial charge >= 0.3 is 0 Å². The normalized spacial score (nSPS) is 15.8. The molecule has 1 aliphatic heterocycles. The Morgan fingerprint density at radius 2 is 1.93 bits per heavy atom. The maximum absolute atomic E-state index is 13.2. The van der Waals surface area contributed by atoms with E-state index in [1.807, 2.05) is 41.5 Å². The highest BCUT2D eigenvalue weighted by Gasteiger charge is 2.30. The SMILES string of the molecule is Cc1ccc2nc(C)c(C(=O)N3CCC(c4nc(C(C)C)no4)CC3)n2c1. The van der Waals surface area contributed by atoms with Gasteiger partial charge in [0.25, 0.3) is 5.91 Å². The monoisotopic (exact) mass is 367 g/mol. The van der Waals surface area contributed by atoms with Gasteiger partial charge in [0, 0.05) is 31.1 Å². The Balaban J connectivity index is 1.50. The number of rotatable bonds is 3. The highest BCUT2D eigenvalue weighted by Crippen LogP contribution is 2.29. The molecular weight excluding hydrogens is 342 g/mol. The van der Waals surface area contributed by atoms with E-state index >= 15 is 0 Å². The molecule has 7 heteroatoms. The molecule has 1 fully saturated rings. The van der Waals surface area contributed by atoms with Crippen molar-refractivity contribution in [2.45, 2.75) is 52.4 Å². The highest BCUT2D eigenvalue weighted by atomic mass is 16.5. The molecule has 7 nitrogen and oxygen atoms in total. The zero-order valence-corrected chi connectivity index (χ0v) is 16.3. The van der Waals surface area contributed by atoms with Crippen molar-refractivity contribution >= 4 is 11.6 Å². The molecule has 1 saturated heterocycles. The Kier molecular flexibility index (Phi) is 4.45. The van der Waals surface area contributed by atoms with E-state index in [4.69, 9.17) is 4.52 Å². The molecule has 0 atom stereocenters. The number of pyridine rings is 1. The quantitative estimate of drug-likeness (QED) is 0.708. The van der Waals surface area contributed by atoms with Gasteiger partial charge in [0.05, 0.1) is 5.69 Å². The van der Waals surface area contributed by atoms with E-state index in [9.17, 15) is 4.79 Å². The summed E-state index contributed by atoms with van der Waals surface area (Å²) in [6.45, 7) is 9.38. The van der Waals surface area contributed by atoms with Crippen LogP contribution in [-0.4, -0.2) is 43.4 Å². The molecule has 27 heavy (non-hydrogen) atoms. The fraction of sp³-hybridized carbons (Fsp3) is 0.500. The molecule has 4 rings (SSSR count). The lowest BCUT2D eigenvalue weighted by Crippen LogP contribution is -2.38. The van der Waals surface area contributed by atoms with Crippen LogP contribution in [0, 0.1) is 13.8 Å². The molecule has 0 spiro atoms. The molecule has 4 heterocycles. The zero-order chi connectivity index (χ0) is 19.1. The summed E-state index contributed by atoms with van der Waals surface area (Å²) in [6.07, 6.45) is 3.64. The molecule has 142 valence electrons. The third-order valence-corrected chi connectivity index (χ3v) is 5.25. The van der Waals surface area contributed by atoms with Crippen molar-refractivity contribution in [2.24, 2.45) is 0 Å². The van der Waals surface area contributed by atoms with Crippen LogP contribution in [0.3, 0.4) is 0 Å². The molecule has 3 aromatic heterocycles. The van der Waals surface area contributed by atoms with Crippen molar-refractivity contribution in [2.75, 3.05) is 13.1 Å². The molecule has 1 aliphatic rings. The van der Waals surface area contributed by atoms with Gasteiger partial charge in [0.15, 0.2) is 5.82 Å². The van der Waals surface area contributed by atoms with Gasteiger partial charge in [-0.2, -0.15) is 4.98 Å². The first-order valence-electron chi connectivity index (χ1n) is 9.52. The molecule has 0 aliphatic carbocycles. The van der Waals surface area contributed by atoms with Gasteiger partial charge in [-0.25, -0.2) is 4.98 Å². The molecule has 0 radical (unpaired) electrons. The van der Waals surface area contributed by atoms with Crippen LogP contribution in [0.2, 0.25) is 0 Å². The Hall–Kier alpha value is -2.70. The number of aromatic nitrogens is 4. The second-order valence-electron chi connectivity index (χ2n) is 7.69. The first-order valence-corrected chi connectivity index (χ1v) is 9.52. The number of piperidine rings is 1. The summed E-state index contributed by atoms with van der Waals surface area (Å²) >= 11 is 0. The summed E-state index contributed by atoms with van der Waals surface area (Å²) in [5, 5.41) is 4.06. The van der Waals surface area contributed by atoms with Crippen LogP contribution in [0.5, 0.6) is 0 Å². The van der Waals surface area contributed by atoms with Crippen molar-refractivity contribution in [3.05, 3.63) is 47.0 Å². The third-order valence-electron chi connectivity index (χ3n) is 5.25. The summed E-state index contributed by atoms with van der Waals surface area (Å²) < 4.78 is 7.35. The van der Waals surface area contributed by atoms with Crippen LogP contribution in [0.15, 0.2) is 22.9 Å². The van der Waals surface area contributed by atoms with Crippen molar-refractivity contribution in [3.63, 3.8) is 0 Å². The molecule has 0 aromatic carbocycles. The minimum atomic E-state index is 0.0393. The lowest BCUT2D eigenvalue weighted by atomic mass is 9.96. The number of carbonyl (C=O) groups is 1. The van der Waals surface area contributed by atoms with E-state index in [2.05, 4.69) is 29.0 Å². The second-order valence-corrected chi connectivity index (χ2v) is 7.69.